The number of thioether (sulfide) groups is 1. The molecule has 1 aliphatic carbocycles. The van der Waals surface area contributed by atoms with E-state index in [1.54, 1.807) is 0 Å². The summed E-state index contributed by atoms with van der Waals surface area (Å²) in [6.45, 7) is 6.08. The Hall–Kier alpha value is 0.310. The van der Waals surface area contributed by atoms with Crippen LogP contribution in [-0.2, 0) is 0 Å². The lowest BCUT2D eigenvalue weighted by Gasteiger charge is -2.44. The van der Waals surface area contributed by atoms with Crippen LogP contribution in [0, 0.1) is 5.41 Å². The Labute approximate surface area is 79.7 Å². The Balaban J connectivity index is 2.17. The molecule has 1 saturated heterocycles. The van der Waals surface area contributed by atoms with Crippen LogP contribution in [0.15, 0.2) is 0 Å². The van der Waals surface area contributed by atoms with E-state index in [-0.39, 0.29) is 0 Å². The van der Waals surface area contributed by atoms with E-state index in [1.165, 1.54) is 38.0 Å². The summed E-state index contributed by atoms with van der Waals surface area (Å²) >= 11 is 2.17. The highest BCUT2D eigenvalue weighted by Gasteiger charge is 2.49. The average molecular weight is 185 g/mol. The highest BCUT2D eigenvalue weighted by atomic mass is 32.2. The van der Waals surface area contributed by atoms with Crippen LogP contribution < -0.4 is 5.32 Å². The summed E-state index contributed by atoms with van der Waals surface area (Å²) in [5.74, 6) is 1.36. The van der Waals surface area contributed by atoms with Crippen LogP contribution in [0.1, 0.15) is 39.5 Å². The van der Waals surface area contributed by atoms with E-state index >= 15 is 0 Å². The van der Waals surface area contributed by atoms with Crippen LogP contribution in [0.2, 0.25) is 0 Å². The van der Waals surface area contributed by atoms with Crippen molar-refractivity contribution in [3.05, 3.63) is 0 Å². The van der Waals surface area contributed by atoms with Crippen molar-refractivity contribution in [3.63, 3.8) is 0 Å². The highest BCUT2D eigenvalue weighted by Crippen LogP contribution is 2.53. The molecule has 1 saturated carbocycles. The zero-order chi connectivity index (χ0) is 8.66. The predicted molar refractivity (Wildman–Crippen MR) is 55.4 cm³/mol. The SMILES string of the molecule is CC1(C)CCCC12NCCCS2. The fourth-order valence-corrected chi connectivity index (χ4v) is 4.20. The molecule has 0 radical (unpaired) electrons. The second-order valence-electron chi connectivity index (χ2n) is 4.69. The molecule has 0 aromatic rings. The molecular formula is C10H19NS. The van der Waals surface area contributed by atoms with Crippen molar-refractivity contribution in [1.29, 1.82) is 0 Å². The second kappa shape index (κ2) is 2.91. The number of hydrogen-bond donors (Lipinski definition) is 1. The number of nitrogens with one attached hydrogen (secondary N) is 1. The number of rotatable bonds is 0. The minimum atomic E-state index is 0.436. The van der Waals surface area contributed by atoms with Gasteiger partial charge in [-0.1, -0.05) is 20.3 Å². The first-order chi connectivity index (χ1) is 5.66. The van der Waals surface area contributed by atoms with Gasteiger partial charge in [-0.3, -0.25) is 0 Å². The van der Waals surface area contributed by atoms with Crippen LogP contribution in [0.5, 0.6) is 0 Å². The molecule has 12 heavy (non-hydrogen) atoms. The zero-order valence-corrected chi connectivity index (χ0v) is 8.97. The summed E-state index contributed by atoms with van der Waals surface area (Å²) in [7, 11) is 0. The molecule has 1 spiro atoms. The summed E-state index contributed by atoms with van der Waals surface area (Å²) in [5, 5.41) is 3.75. The summed E-state index contributed by atoms with van der Waals surface area (Å²) in [6, 6.07) is 0. The van der Waals surface area contributed by atoms with Gasteiger partial charge >= 0.3 is 0 Å². The van der Waals surface area contributed by atoms with E-state index in [2.05, 4.69) is 30.9 Å². The molecule has 0 amide bonds. The first-order valence-corrected chi connectivity index (χ1v) is 6.04. The van der Waals surface area contributed by atoms with Gasteiger partial charge in [0.25, 0.3) is 0 Å². The van der Waals surface area contributed by atoms with Gasteiger partial charge in [0.1, 0.15) is 0 Å². The molecule has 1 unspecified atom stereocenters. The smallest absolute Gasteiger partial charge is 0.0696 e. The zero-order valence-electron chi connectivity index (χ0n) is 8.15. The van der Waals surface area contributed by atoms with Gasteiger partial charge in [-0.15, -0.1) is 11.8 Å². The lowest BCUT2D eigenvalue weighted by Crippen LogP contribution is -2.52. The first kappa shape index (κ1) is 8.89. The van der Waals surface area contributed by atoms with E-state index < -0.39 is 0 Å². The van der Waals surface area contributed by atoms with Crippen molar-refractivity contribution in [2.24, 2.45) is 5.41 Å². The van der Waals surface area contributed by atoms with Gasteiger partial charge in [0.15, 0.2) is 0 Å². The van der Waals surface area contributed by atoms with Gasteiger partial charge < -0.3 is 5.32 Å². The summed E-state index contributed by atoms with van der Waals surface area (Å²) < 4.78 is 0. The van der Waals surface area contributed by atoms with Crippen molar-refractivity contribution >= 4 is 11.8 Å². The summed E-state index contributed by atoms with van der Waals surface area (Å²) in [4.78, 5) is 0.436. The highest BCUT2D eigenvalue weighted by molar-refractivity contribution is 8.00. The Kier molecular flexibility index (Phi) is 2.16. The van der Waals surface area contributed by atoms with Crippen LogP contribution in [0.3, 0.4) is 0 Å². The Morgan fingerprint density at radius 1 is 1.17 bits per heavy atom. The summed E-state index contributed by atoms with van der Waals surface area (Å²) in [6.07, 6.45) is 5.53. The minimum absolute atomic E-state index is 0.436. The Morgan fingerprint density at radius 2 is 2.00 bits per heavy atom. The molecule has 0 aromatic carbocycles. The molecule has 0 aromatic heterocycles. The quantitative estimate of drug-likeness (QED) is 0.622. The maximum atomic E-state index is 3.75. The molecule has 0 bridgehead atoms. The van der Waals surface area contributed by atoms with Crippen molar-refractivity contribution < 1.29 is 0 Å². The van der Waals surface area contributed by atoms with Crippen molar-refractivity contribution in [2.75, 3.05) is 12.3 Å². The van der Waals surface area contributed by atoms with E-state index in [0.29, 0.717) is 10.3 Å². The third kappa shape index (κ3) is 1.20. The third-order valence-electron chi connectivity index (χ3n) is 3.50. The van der Waals surface area contributed by atoms with Crippen LogP contribution in [0.4, 0.5) is 0 Å². The molecule has 70 valence electrons. The molecule has 1 atom stereocenters. The lowest BCUT2D eigenvalue weighted by atomic mass is 9.86. The lowest BCUT2D eigenvalue weighted by molar-refractivity contribution is 0.247. The fraction of sp³-hybridized carbons (Fsp3) is 1.00. The van der Waals surface area contributed by atoms with E-state index in [9.17, 15) is 0 Å². The second-order valence-corrected chi connectivity index (χ2v) is 6.09. The van der Waals surface area contributed by atoms with Gasteiger partial charge in [0.05, 0.1) is 4.87 Å². The molecule has 1 heterocycles. The molecule has 2 aliphatic rings. The molecule has 2 fully saturated rings. The van der Waals surface area contributed by atoms with Crippen molar-refractivity contribution in [2.45, 2.75) is 44.4 Å². The molecule has 2 heteroatoms. The van der Waals surface area contributed by atoms with Gasteiger partial charge in [-0.25, -0.2) is 0 Å². The van der Waals surface area contributed by atoms with Crippen LogP contribution in [0.25, 0.3) is 0 Å². The maximum absolute atomic E-state index is 3.75. The molecular weight excluding hydrogens is 166 g/mol. The number of hydrogen-bond acceptors (Lipinski definition) is 2. The Morgan fingerprint density at radius 3 is 2.50 bits per heavy atom. The molecule has 2 rings (SSSR count). The molecule has 1 aliphatic heterocycles. The largest absolute Gasteiger partial charge is 0.302 e. The normalized spacial score (nSPS) is 40.5. The average Bonchev–Trinajstić information content (AvgIpc) is 2.30. The van der Waals surface area contributed by atoms with Gasteiger partial charge in [-0.2, -0.15) is 0 Å². The molecule has 1 nitrogen and oxygen atoms in total. The van der Waals surface area contributed by atoms with Crippen molar-refractivity contribution in [3.8, 4) is 0 Å². The van der Waals surface area contributed by atoms with Crippen molar-refractivity contribution in [1.82, 2.24) is 5.32 Å². The fourth-order valence-electron chi connectivity index (χ4n) is 2.57. The first-order valence-electron chi connectivity index (χ1n) is 5.05. The van der Waals surface area contributed by atoms with E-state index in [0.717, 1.165) is 0 Å². The standard InChI is InChI=1S/C10H19NS/c1-9(2)5-3-6-10(9)11-7-4-8-12-10/h11H,3-8H2,1-2H3. The Bertz CT molecular complexity index is 171. The third-order valence-corrected chi connectivity index (χ3v) is 5.39. The van der Waals surface area contributed by atoms with Crippen LogP contribution >= 0.6 is 11.8 Å². The topological polar surface area (TPSA) is 12.0 Å². The van der Waals surface area contributed by atoms with Crippen LogP contribution in [-0.4, -0.2) is 17.2 Å². The van der Waals surface area contributed by atoms with Gasteiger partial charge in [0, 0.05) is 0 Å². The summed E-state index contributed by atoms with van der Waals surface area (Å²) in [5.41, 5.74) is 0.512. The van der Waals surface area contributed by atoms with Gasteiger partial charge in [-0.05, 0) is 37.0 Å². The molecule has 1 N–H and O–H groups in total. The predicted octanol–water partition coefficient (Wildman–Crippen LogP) is 2.62. The van der Waals surface area contributed by atoms with E-state index in [4.69, 9.17) is 0 Å². The monoisotopic (exact) mass is 185 g/mol. The minimum Gasteiger partial charge on any atom is -0.302 e. The van der Waals surface area contributed by atoms with E-state index in [1.807, 2.05) is 0 Å². The maximum Gasteiger partial charge on any atom is 0.0696 e. The van der Waals surface area contributed by atoms with Gasteiger partial charge in [0.2, 0.25) is 0 Å².